The summed E-state index contributed by atoms with van der Waals surface area (Å²) in [6.45, 7) is 0. The van der Waals surface area contributed by atoms with Crippen molar-refractivity contribution in [3.8, 4) is 0 Å². The summed E-state index contributed by atoms with van der Waals surface area (Å²) in [6, 6.07) is 78.9. The molecule has 0 saturated carbocycles. The molecule has 0 aromatic heterocycles. The minimum absolute atomic E-state index is 1.28. The monoisotopic (exact) mass is 834 g/mol. The second kappa shape index (κ2) is 15.3. The van der Waals surface area contributed by atoms with Gasteiger partial charge in [-0.3, -0.25) is 0 Å². The summed E-state index contributed by atoms with van der Waals surface area (Å²) in [6.07, 6.45) is 0. The summed E-state index contributed by atoms with van der Waals surface area (Å²) < 4.78 is 0. The van der Waals surface area contributed by atoms with E-state index >= 15 is 0 Å². The third-order valence-electron chi connectivity index (χ3n) is 9.68. The van der Waals surface area contributed by atoms with Gasteiger partial charge in [-0.25, -0.2) is 0 Å². The van der Waals surface area contributed by atoms with Crippen molar-refractivity contribution in [1.29, 1.82) is 0 Å². The molecule has 4 heteroatoms. The Hall–Kier alpha value is -4.34. The van der Waals surface area contributed by atoms with E-state index in [2.05, 4.69) is 249 Å². The van der Waals surface area contributed by atoms with Crippen LogP contribution in [0.2, 0.25) is 0 Å². The first-order valence-electron chi connectivity index (χ1n) is 17.4. The Balaban J connectivity index is 0.000000166. The summed E-state index contributed by atoms with van der Waals surface area (Å²) in [5.41, 5.74) is -3.74. The molecular weight excluding hydrogens is 796 g/mol. The van der Waals surface area contributed by atoms with Crippen molar-refractivity contribution in [1.82, 2.24) is 0 Å². The molecule has 52 heavy (non-hydrogen) atoms. The van der Waals surface area contributed by atoms with Gasteiger partial charge in [-0.15, -0.1) is 0 Å². The van der Waals surface area contributed by atoms with Crippen molar-refractivity contribution in [2.45, 2.75) is 0 Å². The zero-order chi connectivity index (χ0) is 35.4. The maximum absolute atomic E-state index is 3.83. The van der Waals surface area contributed by atoms with Crippen molar-refractivity contribution in [3.63, 3.8) is 0 Å². The van der Waals surface area contributed by atoms with E-state index in [0.717, 1.165) is 0 Å². The molecule has 9 aromatic carbocycles. The van der Waals surface area contributed by atoms with Crippen LogP contribution in [-0.2, 0) is 0 Å². The molecule has 0 nitrogen and oxygen atoms in total. The molecular formula is C48H36P2Se2. The van der Waals surface area contributed by atoms with Crippen molar-refractivity contribution in [2.75, 3.05) is 0 Å². The Labute approximate surface area is 321 Å². The fraction of sp³-hybridized carbons (Fsp3) is 0. The van der Waals surface area contributed by atoms with Crippen LogP contribution in [0.1, 0.15) is 0 Å². The van der Waals surface area contributed by atoms with Gasteiger partial charge in [0.2, 0.25) is 0 Å². The minimum atomic E-state index is -2.09. The van der Waals surface area contributed by atoms with E-state index in [0.29, 0.717) is 0 Å². The number of hydrogen-bond donors (Lipinski definition) is 0. The number of benzene rings is 9. The van der Waals surface area contributed by atoms with E-state index in [-0.39, 0.29) is 0 Å². The van der Waals surface area contributed by atoms with Crippen LogP contribution in [-0.4, -0.2) is 30.2 Å². The summed E-state index contributed by atoms with van der Waals surface area (Å²) >= 11 is 7.38. The SMILES string of the molecule is [Se]=P(c1cccc2ccccc12)(c1cccc2ccccc12)c1cccc2ccccc12.[Se]=P(c1ccccc1)(c1ccccc1)c1ccccc1. The van der Waals surface area contributed by atoms with Crippen molar-refractivity contribution < 1.29 is 0 Å². The predicted molar refractivity (Wildman–Crippen MR) is 234 cm³/mol. The Morgan fingerprint density at radius 1 is 0.231 bits per heavy atom. The fourth-order valence-electron chi connectivity index (χ4n) is 7.20. The standard InChI is InChI=1S/C30H21PSe.C18H15PSe/c32-31(28-19-7-13-22-10-1-4-16-25(22)28,29-20-8-14-23-11-2-5-17-26(23)29)30-21-9-15-24-12-3-6-18-27(24)30;20-19(16-10-4-1-5-11-16,17-12-6-2-7-13-17)18-14-8-3-9-15-18/h1-21H;1-15H. The Morgan fingerprint density at radius 2 is 0.481 bits per heavy atom. The predicted octanol–water partition coefficient (Wildman–Crippen LogP) is 9.59. The molecule has 0 amide bonds. The second-order valence-electron chi connectivity index (χ2n) is 12.7. The third kappa shape index (κ3) is 6.47. The molecule has 0 radical (unpaired) electrons. The van der Waals surface area contributed by atoms with Crippen LogP contribution in [0.3, 0.4) is 0 Å². The third-order valence-corrected chi connectivity index (χ3v) is 23.7. The molecule has 0 bridgehead atoms. The molecule has 9 aromatic rings. The maximum atomic E-state index is 3.83. The summed E-state index contributed by atoms with van der Waals surface area (Å²) in [5.74, 6) is 0. The van der Waals surface area contributed by atoms with Crippen molar-refractivity contribution in [3.05, 3.63) is 218 Å². The van der Waals surface area contributed by atoms with Gasteiger partial charge in [-0.2, -0.15) is 0 Å². The summed E-state index contributed by atoms with van der Waals surface area (Å²) in [7, 11) is 0. The molecule has 0 saturated heterocycles. The topological polar surface area (TPSA) is 0 Å². The van der Waals surface area contributed by atoms with Crippen LogP contribution in [0, 0.1) is 0 Å². The van der Waals surface area contributed by atoms with E-state index in [1.807, 2.05) is 0 Å². The van der Waals surface area contributed by atoms with Crippen LogP contribution in [0.4, 0.5) is 0 Å². The first-order chi connectivity index (χ1) is 25.6. The van der Waals surface area contributed by atoms with Gasteiger partial charge in [0.25, 0.3) is 0 Å². The number of rotatable bonds is 6. The Kier molecular flexibility index (Phi) is 10.2. The van der Waals surface area contributed by atoms with Gasteiger partial charge < -0.3 is 0 Å². The van der Waals surface area contributed by atoms with Gasteiger partial charge in [-0.05, 0) is 0 Å². The average Bonchev–Trinajstić information content (AvgIpc) is 3.23. The molecule has 0 fully saturated rings. The van der Waals surface area contributed by atoms with Crippen LogP contribution < -0.4 is 31.8 Å². The summed E-state index contributed by atoms with van der Waals surface area (Å²) in [4.78, 5) is 0. The van der Waals surface area contributed by atoms with E-state index in [1.165, 1.54) is 64.1 Å². The normalized spacial score (nSPS) is 11.6. The van der Waals surface area contributed by atoms with Gasteiger partial charge in [0.1, 0.15) is 0 Å². The molecule has 0 heterocycles. The van der Waals surface area contributed by atoms with Gasteiger partial charge in [0, 0.05) is 0 Å². The number of hydrogen-bond acceptors (Lipinski definition) is 0. The first kappa shape index (κ1) is 34.7. The Bertz CT molecular complexity index is 2430. The zero-order valence-corrected chi connectivity index (χ0v) is 33.7. The number of fused-ring (bicyclic) bond motifs is 3. The molecule has 9 rings (SSSR count). The van der Waals surface area contributed by atoms with Crippen LogP contribution >= 0.6 is 11.0 Å². The van der Waals surface area contributed by atoms with Gasteiger partial charge in [0.15, 0.2) is 0 Å². The average molecular weight is 833 g/mol. The molecule has 0 N–H and O–H groups in total. The quantitative estimate of drug-likeness (QED) is 0.116. The zero-order valence-electron chi connectivity index (χ0n) is 28.5. The first-order valence-corrected chi connectivity index (χ1v) is 25.4. The molecule has 0 spiro atoms. The second-order valence-corrected chi connectivity index (χ2v) is 25.0. The van der Waals surface area contributed by atoms with E-state index in [1.54, 1.807) is 0 Å². The fourth-order valence-corrected chi connectivity index (χ4v) is 18.5. The van der Waals surface area contributed by atoms with Crippen LogP contribution in [0.25, 0.3) is 32.3 Å². The van der Waals surface area contributed by atoms with Crippen LogP contribution in [0.5, 0.6) is 0 Å². The van der Waals surface area contributed by atoms with Crippen LogP contribution in [0.15, 0.2) is 218 Å². The van der Waals surface area contributed by atoms with E-state index < -0.39 is 11.0 Å². The Morgan fingerprint density at radius 3 is 0.788 bits per heavy atom. The molecule has 250 valence electrons. The molecule has 0 atom stereocenters. The molecule has 0 unspecified atom stereocenters. The molecule has 0 aliphatic heterocycles. The van der Waals surface area contributed by atoms with Gasteiger partial charge in [0.05, 0.1) is 0 Å². The van der Waals surface area contributed by atoms with Crippen molar-refractivity contribution in [2.24, 2.45) is 0 Å². The van der Waals surface area contributed by atoms with E-state index in [9.17, 15) is 0 Å². The van der Waals surface area contributed by atoms with Gasteiger partial charge in [-0.1, -0.05) is 0 Å². The van der Waals surface area contributed by atoms with Crippen molar-refractivity contribution >= 4 is 105 Å². The molecule has 0 aliphatic rings. The van der Waals surface area contributed by atoms with Gasteiger partial charge >= 0.3 is 324 Å². The summed E-state index contributed by atoms with van der Waals surface area (Å²) in [5, 5.41) is 16.1. The van der Waals surface area contributed by atoms with E-state index in [4.69, 9.17) is 0 Å². The molecule has 0 aliphatic carbocycles.